The third-order valence-electron chi connectivity index (χ3n) is 8.88. The van der Waals surface area contributed by atoms with Crippen LogP contribution in [0.3, 0.4) is 0 Å². The Hall–Kier alpha value is -1.22. The van der Waals surface area contributed by atoms with Crippen molar-refractivity contribution < 1.29 is 14.7 Å². The molecule has 0 aromatic carbocycles. The molecule has 0 spiro atoms. The number of hydrogen-bond donors (Lipinski definition) is 1. The van der Waals surface area contributed by atoms with Crippen LogP contribution >= 0.6 is 0 Å². The summed E-state index contributed by atoms with van der Waals surface area (Å²) in [6, 6.07) is 0. The summed E-state index contributed by atoms with van der Waals surface area (Å²) in [7, 11) is 0. The highest BCUT2D eigenvalue weighted by atomic mass is 16.3. The van der Waals surface area contributed by atoms with E-state index in [0.717, 1.165) is 51.4 Å². The molecule has 0 rings (SSSR count). The third-order valence-corrected chi connectivity index (χ3v) is 8.88. The fraction of sp³-hybridized carbons (Fsp3) is 0.846. The quantitative estimate of drug-likeness (QED) is 0.0471. The van der Waals surface area contributed by atoms with Crippen molar-refractivity contribution in [1.29, 1.82) is 0 Å². The van der Waals surface area contributed by atoms with Crippen LogP contribution in [-0.2, 0) is 9.59 Å². The summed E-state index contributed by atoms with van der Waals surface area (Å²) in [5.41, 5.74) is -1.21. The average Bonchev–Trinajstić information content (AvgIpc) is 3.00. The van der Waals surface area contributed by atoms with Gasteiger partial charge in [0, 0.05) is 12.8 Å². The second-order valence-electron chi connectivity index (χ2n) is 13.0. The Morgan fingerprint density at radius 3 is 1.00 bits per heavy atom. The molecule has 0 aliphatic heterocycles. The largest absolute Gasteiger partial charge is 0.395 e. The Labute approximate surface area is 262 Å². The minimum Gasteiger partial charge on any atom is -0.395 e. The first-order valence-corrected chi connectivity index (χ1v) is 18.5. The van der Waals surface area contributed by atoms with Crippen LogP contribution < -0.4 is 0 Å². The fourth-order valence-electron chi connectivity index (χ4n) is 5.60. The van der Waals surface area contributed by atoms with E-state index in [1.54, 1.807) is 6.92 Å². The van der Waals surface area contributed by atoms with Gasteiger partial charge in [-0.25, -0.2) is 0 Å². The minimum absolute atomic E-state index is 0.0691. The molecule has 3 heteroatoms. The second-order valence-corrected chi connectivity index (χ2v) is 13.0. The van der Waals surface area contributed by atoms with Gasteiger partial charge in [-0.1, -0.05) is 141 Å². The number of Topliss-reactive ketones (excluding diaryl/α,β-unsaturated/α-hetero) is 2. The van der Waals surface area contributed by atoms with E-state index in [9.17, 15) is 14.7 Å². The maximum absolute atomic E-state index is 12.8. The molecule has 0 amide bonds. The average molecular weight is 589 g/mol. The minimum atomic E-state index is -1.21. The lowest BCUT2D eigenvalue weighted by atomic mass is 9.78. The molecule has 0 bridgehead atoms. The number of allylic oxidation sites excluding steroid dienone is 4. The lowest BCUT2D eigenvalue weighted by Gasteiger charge is -2.24. The monoisotopic (exact) mass is 589 g/mol. The number of aliphatic hydroxyl groups is 1. The van der Waals surface area contributed by atoms with E-state index in [0.29, 0.717) is 12.8 Å². The molecular formula is C39H72O3. The Kier molecular flexibility index (Phi) is 30.3. The highest BCUT2D eigenvalue weighted by molar-refractivity contribution is 6.06. The molecule has 0 fully saturated rings. The number of rotatable bonds is 33. The van der Waals surface area contributed by atoms with E-state index in [1.807, 2.05) is 0 Å². The van der Waals surface area contributed by atoms with Gasteiger partial charge in [0.15, 0.2) is 0 Å². The predicted molar refractivity (Wildman–Crippen MR) is 184 cm³/mol. The summed E-state index contributed by atoms with van der Waals surface area (Å²) in [4.78, 5) is 25.7. The number of aliphatic hydroxyl groups excluding tert-OH is 1. The van der Waals surface area contributed by atoms with E-state index in [1.165, 1.54) is 116 Å². The summed E-state index contributed by atoms with van der Waals surface area (Å²) in [5.74, 6) is -0.138. The number of carbonyl (C=O) groups is 2. The van der Waals surface area contributed by atoms with Gasteiger partial charge in [0.2, 0.25) is 0 Å². The zero-order chi connectivity index (χ0) is 31.0. The fourth-order valence-corrected chi connectivity index (χ4v) is 5.60. The first-order valence-electron chi connectivity index (χ1n) is 18.5. The van der Waals surface area contributed by atoms with Gasteiger partial charge in [-0.15, -0.1) is 0 Å². The molecule has 1 N–H and O–H groups in total. The Morgan fingerprint density at radius 1 is 0.452 bits per heavy atom. The molecule has 42 heavy (non-hydrogen) atoms. The zero-order valence-electron chi connectivity index (χ0n) is 28.6. The predicted octanol–water partition coefficient (Wildman–Crippen LogP) is 12.2. The van der Waals surface area contributed by atoms with Crippen LogP contribution in [0.1, 0.15) is 201 Å². The van der Waals surface area contributed by atoms with Gasteiger partial charge in [-0.2, -0.15) is 0 Å². The van der Waals surface area contributed by atoms with E-state index < -0.39 is 5.41 Å². The van der Waals surface area contributed by atoms with Gasteiger partial charge in [-0.3, -0.25) is 9.59 Å². The SMILES string of the molecule is CCCCCCCC/C=C\CCCCCCCC(=O)C(C)(CO)C(=O)CCCCCCC/C=C\CCCCCCCC. The molecule has 0 aromatic heterocycles. The van der Waals surface area contributed by atoms with Gasteiger partial charge < -0.3 is 5.11 Å². The molecule has 0 saturated carbocycles. The number of unbranched alkanes of at least 4 members (excludes halogenated alkanes) is 22. The molecule has 246 valence electrons. The lowest BCUT2D eigenvalue weighted by Crippen LogP contribution is -2.39. The Bertz CT molecular complexity index is 611. The summed E-state index contributed by atoms with van der Waals surface area (Å²) < 4.78 is 0. The van der Waals surface area contributed by atoms with Crippen LogP contribution in [0, 0.1) is 5.41 Å². The summed E-state index contributed by atoms with van der Waals surface area (Å²) in [6.45, 7) is 5.83. The van der Waals surface area contributed by atoms with E-state index in [-0.39, 0.29) is 18.2 Å². The normalized spacial score (nSPS) is 12.2. The summed E-state index contributed by atoms with van der Waals surface area (Å²) in [6.07, 6.45) is 42.0. The van der Waals surface area contributed by atoms with Crippen molar-refractivity contribution in [2.75, 3.05) is 6.61 Å². The van der Waals surface area contributed by atoms with Crippen molar-refractivity contribution >= 4 is 11.6 Å². The Morgan fingerprint density at radius 2 is 0.714 bits per heavy atom. The van der Waals surface area contributed by atoms with Crippen molar-refractivity contribution in [2.45, 2.75) is 201 Å². The highest BCUT2D eigenvalue weighted by Gasteiger charge is 2.38. The van der Waals surface area contributed by atoms with Crippen LogP contribution in [0.4, 0.5) is 0 Å². The van der Waals surface area contributed by atoms with Crippen molar-refractivity contribution in [3.8, 4) is 0 Å². The topological polar surface area (TPSA) is 54.4 Å². The van der Waals surface area contributed by atoms with Crippen molar-refractivity contribution in [1.82, 2.24) is 0 Å². The third kappa shape index (κ3) is 24.2. The Balaban J connectivity index is 3.77. The number of carbonyl (C=O) groups excluding carboxylic acids is 2. The zero-order valence-corrected chi connectivity index (χ0v) is 28.6. The summed E-state index contributed by atoms with van der Waals surface area (Å²) >= 11 is 0. The van der Waals surface area contributed by atoms with Gasteiger partial charge in [0.05, 0.1) is 6.61 Å². The molecule has 0 aliphatic carbocycles. The first kappa shape index (κ1) is 40.8. The number of ketones is 2. The molecule has 0 unspecified atom stereocenters. The smallest absolute Gasteiger partial charge is 0.148 e. The maximum Gasteiger partial charge on any atom is 0.148 e. The molecule has 0 atom stereocenters. The van der Waals surface area contributed by atoms with Gasteiger partial charge in [0.1, 0.15) is 17.0 Å². The molecule has 0 heterocycles. The molecule has 0 saturated heterocycles. The molecule has 0 radical (unpaired) electrons. The maximum atomic E-state index is 12.8. The molecular weight excluding hydrogens is 516 g/mol. The van der Waals surface area contributed by atoms with Crippen molar-refractivity contribution in [3.63, 3.8) is 0 Å². The summed E-state index contributed by atoms with van der Waals surface area (Å²) in [5, 5.41) is 9.92. The molecule has 3 nitrogen and oxygen atoms in total. The van der Waals surface area contributed by atoms with Crippen LogP contribution in [0.5, 0.6) is 0 Å². The highest BCUT2D eigenvalue weighted by Crippen LogP contribution is 2.25. The van der Waals surface area contributed by atoms with E-state index in [2.05, 4.69) is 38.2 Å². The number of hydrogen-bond acceptors (Lipinski definition) is 3. The van der Waals surface area contributed by atoms with Gasteiger partial charge in [-0.05, 0) is 71.1 Å². The van der Waals surface area contributed by atoms with Gasteiger partial charge >= 0.3 is 0 Å². The second kappa shape index (κ2) is 31.2. The van der Waals surface area contributed by atoms with Crippen LogP contribution in [0.2, 0.25) is 0 Å². The van der Waals surface area contributed by atoms with Gasteiger partial charge in [0.25, 0.3) is 0 Å². The molecule has 0 aromatic rings. The van der Waals surface area contributed by atoms with E-state index in [4.69, 9.17) is 0 Å². The van der Waals surface area contributed by atoms with Crippen molar-refractivity contribution in [2.24, 2.45) is 5.41 Å². The molecule has 0 aliphatic rings. The lowest BCUT2D eigenvalue weighted by molar-refractivity contribution is -0.142. The van der Waals surface area contributed by atoms with Crippen LogP contribution in [0.25, 0.3) is 0 Å². The van der Waals surface area contributed by atoms with E-state index >= 15 is 0 Å². The van der Waals surface area contributed by atoms with Crippen molar-refractivity contribution in [3.05, 3.63) is 24.3 Å². The first-order chi connectivity index (χ1) is 20.5. The standard InChI is InChI=1S/C39H72O3/c1-4-6-8-10-12-14-16-18-20-22-24-26-28-30-32-34-37(41)39(3,36-40)38(42)35-33-31-29-27-25-23-21-19-17-15-13-11-9-7-5-2/h18-21,40H,4-17,22-36H2,1-3H3/b20-18-,21-19-. The van der Waals surface area contributed by atoms with Crippen LogP contribution in [0.15, 0.2) is 24.3 Å². The van der Waals surface area contributed by atoms with Crippen LogP contribution in [-0.4, -0.2) is 23.3 Å².